The van der Waals surface area contributed by atoms with Crippen LogP contribution in [-0.4, -0.2) is 13.2 Å². The normalized spacial score (nSPS) is 11.2. The third kappa shape index (κ3) is 3.10. The minimum Gasteiger partial charge on any atom is -0.377 e. The van der Waals surface area contributed by atoms with Crippen molar-refractivity contribution in [1.82, 2.24) is 5.32 Å². The fourth-order valence-corrected chi connectivity index (χ4v) is 3.19. The molecule has 1 aromatic carbocycles. The minimum atomic E-state index is 0.735. The first-order valence-electron chi connectivity index (χ1n) is 6.64. The first kappa shape index (κ1) is 13.5. The first-order valence-corrected chi connectivity index (χ1v) is 7.46. The molecule has 18 heavy (non-hydrogen) atoms. The third-order valence-electron chi connectivity index (χ3n) is 2.91. The highest BCUT2D eigenvalue weighted by molar-refractivity contribution is 7.19. The Bertz CT molecular complexity index is 492. The Morgan fingerprint density at radius 3 is 2.83 bits per heavy atom. The molecule has 0 bridgehead atoms. The van der Waals surface area contributed by atoms with E-state index in [0.29, 0.717) is 0 Å². The molecular formula is C15H21NOS. The molecule has 0 fully saturated rings. The fraction of sp³-hybridized carbons (Fsp3) is 0.467. The van der Waals surface area contributed by atoms with Crippen LogP contribution < -0.4 is 5.32 Å². The highest BCUT2D eigenvalue weighted by Gasteiger charge is 2.11. The Labute approximate surface area is 113 Å². The minimum absolute atomic E-state index is 0.735. The SMILES string of the molecule is CCCOCc1c(CNCC)sc2ccccc12. The van der Waals surface area contributed by atoms with Crippen molar-refractivity contribution >= 4 is 21.4 Å². The van der Waals surface area contributed by atoms with Crippen LogP contribution in [0, 0.1) is 0 Å². The third-order valence-corrected chi connectivity index (χ3v) is 4.13. The summed E-state index contributed by atoms with van der Waals surface area (Å²) in [5, 5.41) is 4.76. The van der Waals surface area contributed by atoms with Crippen LogP contribution >= 0.6 is 11.3 Å². The first-order chi connectivity index (χ1) is 8.86. The average molecular weight is 263 g/mol. The lowest BCUT2D eigenvalue weighted by Gasteiger charge is -2.06. The molecule has 0 aliphatic heterocycles. The van der Waals surface area contributed by atoms with Gasteiger partial charge < -0.3 is 10.1 Å². The number of benzene rings is 1. The highest BCUT2D eigenvalue weighted by Crippen LogP contribution is 2.31. The summed E-state index contributed by atoms with van der Waals surface area (Å²) in [4.78, 5) is 1.41. The molecule has 1 N–H and O–H groups in total. The van der Waals surface area contributed by atoms with Gasteiger partial charge in [-0.05, 0) is 24.4 Å². The summed E-state index contributed by atoms with van der Waals surface area (Å²) >= 11 is 1.88. The van der Waals surface area contributed by atoms with Crippen LogP contribution in [-0.2, 0) is 17.9 Å². The molecule has 0 unspecified atom stereocenters. The molecule has 3 heteroatoms. The van der Waals surface area contributed by atoms with Gasteiger partial charge in [-0.1, -0.05) is 32.0 Å². The van der Waals surface area contributed by atoms with E-state index >= 15 is 0 Å². The summed E-state index contributed by atoms with van der Waals surface area (Å²) < 4.78 is 7.10. The van der Waals surface area contributed by atoms with E-state index in [0.717, 1.165) is 32.7 Å². The summed E-state index contributed by atoms with van der Waals surface area (Å²) in [5.41, 5.74) is 1.37. The number of rotatable bonds is 7. The maximum absolute atomic E-state index is 5.73. The van der Waals surface area contributed by atoms with Gasteiger partial charge in [0.2, 0.25) is 0 Å². The molecule has 98 valence electrons. The van der Waals surface area contributed by atoms with E-state index < -0.39 is 0 Å². The average Bonchev–Trinajstić information content (AvgIpc) is 2.75. The number of hydrogen-bond donors (Lipinski definition) is 1. The lowest BCUT2D eigenvalue weighted by Crippen LogP contribution is -2.12. The second-order valence-electron chi connectivity index (χ2n) is 4.33. The van der Waals surface area contributed by atoms with Crippen LogP contribution in [0.1, 0.15) is 30.7 Å². The van der Waals surface area contributed by atoms with Crippen molar-refractivity contribution in [2.75, 3.05) is 13.2 Å². The zero-order valence-corrected chi connectivity index (χ0v) is 12.0. The maximum atomic E-state index is 5.73. The maximum Gasteiger partial charge on any atom is 0.0734 e. The van der Waals surface area contributed by atoms with Gasteiger partial charge in [0.05, 0.1) is 6.61 Å². The topological polar surface area (TPSA) is 21.3 Å². The van der Waals surface area contributed by atoms with Crippen molar-refractivity contribution in [1.29, 1.82) is 0 Å². The van der Waals surface area contributed by atoms with Crippen molar-refractivity contribution in [2.24, 2.45) is 0 Å². The summed E-state index contributed by atoms with van der Waals surface area (Å²) in [6, 6.07) is 8.60. The molecule has 1 aromatic heterocycles. The van der Waals surface area contributed by atoms with Gasteiger partial charge in [0.25, 0.3) is 0 Å². The van der Waals surface area contributed by atoms with Gasteiger partial charge in [-0.3, -0.25) is 0 Å². The molecule has 2 rings (SSSR count). The number of fused-ring (bicyclic) bond motifs is 1. The Morgan fingerprint density at radius 1 is 1.22 bits per heavy atom. The van der Waals surface area contributed by atoms with Gasteiger partial charge >= 0.3 is 0 Å². The quantitative estimate of drug-likeness (QED) is 0.764. The molecule has 0 atom stereocenters. The molecule has 0 aliphatic rings. The smallest absolute Gasteiger partial charge is 0.0734 e. The van der Waals surface area contributed by atoms with Gasteiger partial charge in [0.15, 0.2) is 0 Å². The largest absolute Gasteiger partial charge is 0.377 e. The van der Waals surface area contributed by atoms with Crippen LogP contribution in [0.2, 0.25) is 0 Å². The Morgan fingerprint density at radius 2 is 2.06 bits per heavy atom. The van der Waals surface area contributed by atoms with E-state index in [1.807, 2.05) is 11.3 Å². The van der Waals surface area contributed by atoms with E-state index in [1.54, 1.807) is 0 Å². The van der Waals surface area contributed by atoms with Gasteiger partial charge in [0, 0.05) is 28.3 Å². The number of nitrogens with one attached hydrogen (secondary N) is 1. The fourth-order valence-electron chi connectivity index (χ4n) is 2.01. The van der Waals surface area contributed by atoms with Gasteiger partial charge in [-0.15, -0.1) is 11.3 Å². The van der Waals surface area contributed by atoms with E-state index in [-0.39, 0.29) is 0 Å². The molecule has 0 radical (unpaired) electrons. The molecule has 0 saturated carbocycles. The lowest BCUT2D eigenvalue weighted by atomic mass is 10.1. The van der Waals surface area contributed by atoms with Crippen LogP contribution in [0.15, 0.2) is 24.3 Å². The standard InChI is InChI=1S/C15H21NOS/c1-3-9-17-11-13-12-7-5-6-8-14(12)18-15(13)10-16-4-2/h5-8,16H,3-4,9-11H2,1-2H3. The second-order valence-corrected chi connectivity index (χ2v) is 5.47. The van der Waals surface area contributed by atoms with E-state index in [2.05, 4.69) is 43.4 Å². The van der Waals surface area contributed by atoms with Gasteiger partial charge in [0.1, 0.15) is 0 Å². The van der Waals surface area contributed by atoms with Gasteiger partial charge in [-0.25, -0.2) is 0 Å². The summed E-state index contributed by atoms with van der Waals surface area (Å²) in [6.45, 7) is 7.80. The Kier molecular flexibility index (Phi) is 5.17. The summed E-state index contributed by atoms with van der Waals surface area (Å²) in [5.74, 6) is 0. The van der Waals surface area contributed by atoms with E-state index in [1.165, 1.54) is 20.5 Å². The molecule has 0 amide bonds. The van der Waals surface area contributed by atoms with Crippen LogP contribution in [0.5, 0.6) is 0 Å². The van der Waals surface area contributed by atoms with E-state index in [9.17, 15) is 0 Å². The van der Waals surface area contributed by atoms with Crippen LogP contribution in [0.3, 0.4) is 0 Å². The number of ether oxygens (including phenoxy) is 1. The van der Waals surface area contributed by atoms with Crippen molar-refractivity contribution < 1.29 is 4.74 Å². The van der Waals surface area contributed by atoms with Crippen LogP contribution in [0.4, 0.5) is 0 Å². The van der Waals surface area contributed by atoms with Crippen LogP contribution in [0.25, 0.3) is 10.1 Å². The lowest BCUT2D eigenvalue weighted by molar-refractivity contribution is 0.122. The van der Waals surface area contributed by atoms with Crippen molar-refractivity contribution in [3.8, 4) is 0 Å². The molecular weight excluding hydrogens is 242 g/mol. The van der Waals surface area contributed by atoms with Crippen molar-refractivity contribution in [3.63, 3.8) is 0 Å². The summed E-state index contributed by atoms with van der Waals surface area (Å²) in [7, 11) is 0. The van der Waals surface area contributed by atoms with Gasteiger partial charge in [-0.2, -0.15) is 0 Å². The molecule has 0 saturated heterocycles. The van der Waals surface area contributed by atoms with Crippen molar-refractivity contribution in [2.45, 2.75) is 33.4 Å². The number of hydrogen-bond acceptors (Lipinski definition) is 3. The molecule has 1 heterocycles. The predicted molar refractivity (Wildman–Crippen MR) is 79.2 cm³/mol. The molecule has 0 spiro atoms. The Hall–Kier alpha value is -0.900. The van der Waals surface area contributed by atoms with E-state index in [4.69, 9.17) is 4.74 Å². The number of thiophene rings is 1. The Balaban J connectivity index is 2.25. The molecule has 2 nitrogen and oxygen atoms in total. The monoisotopic (exact) mass is 263 g/mol. The zero-order valence-electron chi connectivity index (χ0n) is 11.2. The molecule has 2 aromatic rings. The summed E-state index contributed by atoms with van der Waals surface area (Å²) in [6.07, 6.45) is 1.07. The molecule has 0 aliphatic carbocycles. The highest BCUT2D eigenvalue weighted by atomic mass is 32.1. The predicted octanol–water partition coefficient (Wildman–Crippen LogP) is 3.94. The second kappa shape index (κ2) is 6.88. The zero-order chi connectivity index (χ0) is 12.8. The van der Waals surface area contributed by atoms with Crippen molar-refractivity contribution in [3.05, 3.63) is 34.7 Å².